The van der Waals surface area contributed by atoms with Crippen LogP contribution in [0.1, 0.15) is 57.3 Å². The lowest BCUT2D eigenvalue weighted by molar-refractivity contribution is 0.0509. The summed E-state index contributed by atoms with van der Waals surface area (Å²) in [5.41, 5.74) is -2.10. The minimum atomic E-state index is -2.82. The number of alkyl halides is 2. The van der Waals surface area contributed by atoms with Gasteiger partial charge in [0, 0.05) is 12.6 Å². The number of rotatable bonds is 5. The number of amides is 2. The molecule has 0 saturated heterocycles. The van der Waals surface area contributed by atoms with E-state index in [-0.39, 0.29) is 12.3 Å². The summed E-state index contributed by atoms with van der Waals surface area (Å²) in [6.45, 7) is 8.54. The molecule has 0 bridgehead atoms. The summed E-state index contributed by atoms with van der Waals surface area (Å²) in [5, 5.41) is 8.18. The van der Waals surface area contributed by atoms with Crippen LogP contribution in [-0.4, -0.2) is 34.8 Å². The lowest BCUT2D eigenvalue weighted by atomic mass is 10.1. The van der Waals surface area contributed by atoms with Crippen molar-refractivity contribution in [2.24, 2.45) is 0 Å². The second kappa shape index (κ2) is 6.93. The van der Waals surface area contributed by atoms with Crippen molar-refractivity contribution >= 4 is 12.0 Å². The molecule has 0 atom stereocenters. The second-order valence-corrected chi connectivity index (χ2v) is 6.61. The molecule has 130 valence electrons. The molecule has 0 spiro atoms. The molecule has 1 heterocycles. The van der Waals surface area contributed by atoms with Crippen LogP contribution in [0.2, 0.25) is 0 Å². The Morgan fingerprint density at radius 1 is 1.30 bits per heavy atom. The molecule has 1 rings (SSSR count). The highest BCUT2D eigenvalue weighted by Gasteiger charge is 2.26. The maximum atomic E-state index is 12.4. The van der Waals surface area contributed by atoms with Crippen LogP contribution in [0, 0.1) is 0 Å². The number of hydrogen-bond donors (Lipinski definition) is 2. The van der Waals surface area contributed by atoms with E-state index < -0.39 is 35.3 Å². The van der Waals surface area contributed by atoms with Crippen molar-refractivity contribution in [3.63, 3.8) is 0 Å². The van der Waals surface area contributed by atoms with E-state index in [2.05, 4.69) is 20.3 Å². The van der Waals surface area contributed by atoms with E-state index in [1.54, 1.807) is 34.6 Å². The monoisotopic (exact) mass is 333 g/mol. The number of carbonyl (C=O) groups is 2. The molecular weight excluding hydrogens is 312 g/mol. The first kappa shape index (κ1) is 18.9. The Labute approximate surface area is 132 Å². The minimum Gasteiger partial charge on any atom is -0.444 e. The number of nitrogens with zero attached hydrogens (tertiary/aromatic N) is 1. The smallest absolute Gasteiger partial charge is 0.407 e. The molecule has 0 radical (unpaired) electrons. The third kappa shape index (κ3) is 6.62. The summed E-state index contributed by atoms with van der Waals surface area (Å²) in [5.74, 6) is -1.04. The summed E-state index contributed by atoms with van der Waals surface area (Å²) < 4.78 is 34.5. The predicted molar refractivity (Wildman–Crippen MR) is 77.2 cm³/mol. The Hall–Kier alpha value is -2.19. The molecule has 0 saturated carbocycles. The van der Waals surface area contributed by atoms with Gasteiger partial charge in [-0.15, -0.1) is 0 Å². The van der Waals surface area contributed by atoms with Crippen LogP contribution in [0.4, 0.5) is 13.6 Å². The van der Waals surface area contributed by atoms with Crippen molar-refractivity contribution in [3.8, 4) is 0 Å². The predicted octanol–water partition coefficient (Wildman–Crippen LogP) is 2.65. The average molecular weight is 333 g/mol. The summed E-state index contributed by atoms with van der Waals surface area (Å²) in [7, 11) is 0. The van der Waals surface area contributed by atoms with Crippen molar-refractivity contribution in [3.05, 3.63) is 17.5 Å². The van der Waals surface area contributed by atoms with Gasteiger partial charge in [-0.3, -0.25) is 4.79 Å². The zero-order chi connectivity index (χ0) is 17.8. The first-order chi connectivity index (χ1) is 10.4. The van der Waals surface area contributed by atoms with E-state index in [0.29, 0.717) is 0 Å². The zero-order valence-corrected chi connectivity index (χ0v) is 13.7. The molecule has 0 aliphatic carbocycles. The highest BCUT2D eigenvalue weighted by Crippen LogP contribution is 2.18. The molecule has 1 aromatic heterocycles. The van der Waals surface area contributed by atoms with Gasteiger partial charge >= 0.3 is 6.09 Å². The lowest BCUT2D eigenvalue weighted by Gasteiger charge is -2.27. The average Bonchev–Trinajstić information content (AvgIpc) is 2.83. The summed E-state index contributed by atoms with van der Waals surface area (Å²) in [4.78, 5) is 23.5. The Bertz CT molecular complexity index is 565. The SMILES string of the molecule is CC(C)(CNC(=O)OC(C)(C)C)NC(=O)c1cc(C(F)F)no1. The summed E-state index contributed by atoms with van der Waals surface area (Å²) in [6, 6.07) is 0.872. The van der Waals surface area contributed by atoms with Crippen LogP contribution in [-0.2, 0) is 4.74 Å². The van der Waals surface area contributed by atoms with Crippen molar-refractivity contribution < 1.29 is 27.6 Å². The fourth-order valence-electron chi connectivity index (χ4n) is 1.52. The van der Waals surface area contributed by atoms with E-state index >= 15 is 0 Å². The van der Waals surface area contributed by atoms with Gasteiger partial charge in [0.15, 0.2) is 5.69 Å². The summed E-state index contributed by atoms with van der Waals surface area (Å²) in [6.07, 6.45) is -3.44. The van der Waals surface area contributed by atoms with Gasteiger partial charge < -0.3 is 19.9 Å². The van der Waals surface area contributed by atoms with Crippen molar-refractivity contribution in [2.45, 2.75) is 52.2 Å². The molecule has 9 heteroatoms. The minimum absolute atomic E-state index is 0.0729. The number of nitrogens with one attached hydrogen (secondary N) is 2. The summed E-state index contributed by atoms with van der Waals surface area (Å²) >= 11 is 0. The molecule has 1 aromatic rings. The molecule has 0 fully saturated rings. The fourth-order valence-corrected chi connectivity index (χ4v) is 1.52. The molecule has 7 nitrogen and oxygen atoms in total. The molecule has 2 amide bonds. The highest BCUT2D eigenvalue weighted by molar-refractivity contribution is 5.92. The Morgan fingerprint density at radius 3 is 2.39 bits per heavy atom. The molecule has 0 unspecified atom stereocenters. The van der Waals surface area contributed by atoms with Gasteiger partial charge in [-0.05, 0) is 34.6 Å². The van der Waals surface area contributed by atoms with Gasteiger partial charge in [0.05, 0.1) is 5.54 Å². The standard InChI is InChI=1S/C14H21F2N3O4/c1-13(2,3)22-12(21)17-7-14(4,5)18-11(20)9-6-8(10(15)16)19-23-9/h6,10H,7H2,1-5H3,(H,17,21)(H,18,20). The van der Waals surface area contributed by atoms with Gasteiger partial charge in [-0.1, -0.05) is 5.16 Å². The molecule has 0 aliphatic heterocycles. The zero-order valence-electron chi connectivity index (χ0n) is 13.7. The molecule has 0 aliphatic rings. The van der Waals surface area contributed by atoms with Gasteiger partial charge in [0.1, 0.15) is 5.60 Å². The van der Waals surface area contributed by atoms with Crippen LogP contribution >= 0.6 is 0 Å². The van der Waals surface area contributed by atoms with E-state index in [4.69, 9.17) is 4.74 Å². The van der Waals surface area contributed by atoms with Gasteiger partial charge in [0.2, 0.25) is 5.76 Å². The van der Waals surface area contributed by atoms with Crippen LogP contribution in [0.15, 0.2) is 10.6 Å². The number of aromatic nitrogens is 1. The van der Waals surface area contributed by atoms with Gasteiger partial charge in [-0.25, -0.2) is 13.6 Å². The van der Waals surface area contributed by atoms with Crippen LogP contribution in [0.25, 0.3) is 0 Å². The fraction of sp³-hybridized carbons (Fsp3) is 0.643. The molecule has 23 heavy (non-hydrogen) atoms. The normalized spacial score (nSPS) is 12.2. The maximum Gasteiger partial charge on any atom is 0.407 e. The van der Waals surface area contributed by atoms with Crippen molar-refractivity contribution in [1.82, 2.24) is 15.8 Å². The Balaban J connectivity index is 2.56. The number of ether oxygens (including phenoxy) is 1. The largest absolute Gasteiger partial charge is 0.444 e. The topological polar surface area (TPSA) is 93.5 Å². The number of alkyl carbamates (subject to hydrolysis) is 1. The Kier molecular flexibility index (Phi) is 5.68. The van der Waals surface area contributed by atoms with Crippen LogP contribution in [0.5, 0.6) is 0 Å². The van der Waals surface area contributed by atoms with E-state index in [0.717, 1.165) is 6.07 Å². The van der Waals surface area contributed by atoms with E-state index in [9.17, 15) is 18.4 Å². The third-order valence-corrected chi connectivity index (χ3v) is 2.50. The molecular formula is C14H21F2N3O4. The molecule has 0 aromatic carbocycles. The number of halogens is 2. The van der Waals surface area contributed by atoms with Gasteiger partial charge in [0.25, 0.3) is 12.3 Å². The quantitative estimate of drug-likeness (QED) is 0.864. The molecule has 2 N–H and O–H groups in total. The van der Waals surface area contributed by atoms with Gasteiger partial charge in [-0.2, -0.15) is 0 Å². The lowest BCUT2D eigenvalue weighted by Crippen LogP contribution is -2.52. The van der Waals surface area contributed by atoms with E-state index in [1.165, 1.54) is 0 Å². The third-order valence-electron chi connectivity index (χ3n) is 2.50. The maximum absolute atomic E-state index is 12.4. The van der Waals surface area contributed by atoms with Crippen molar-refractivity contribution in [2.75, 3.05) is 6.54 Å². The number of carbonyl (C=O) groups excluding carboxylic acids is 2. The number of hydrogen-bond acceptors (Lipinski definition) is 5. The first-order valence-electron chi connectivity index (χ1n) is 6.94. The van der Waals surface area contributed by atoms with Crippen molar-refractivity contribution in [1.29, 1.82) is 0 Å². The van der Waals surface area contributed by atoms with Crippen LogP contribution in [0.3, 0.4) is 0 Å². The highest BCUT2D eigenvalue weighted by atomic mass is 19.3. The first-order valence-corrected chi connectivity index (χ1v) is 6.94. The Morgan fingerprint density at radius 2 is 1.91 bits per heavy atom. The van der Waals surface area contributed by atoms with E-state index in [1.807, 2.05) is 0 Å². The van der Waals surface area contributed by atoms with Crippen LogP contribution < -0.4 is 10.6 Å². The second-order valence-electron chi connectivity index (χ2n) is 6.61.